The lowest BCUT2D eigenvalue weighted by atomic mass is 9.99. The minimum absolute atomic E-state index is 0.0288. The Bertz CT molecular complexity index is 1080. The van der Waals surface area contributed by atoms with E-state index in [2.05, 4.69) is 9.71 Å². The quantitative estimate of drug-likeness (QED) is 0.659. The van der Waals surface area contributed by atoms with Crippen molar-refractivity contribution in [3.05, 3.63) is 54.4 Å². The summed E-state index contributed by atoms with van der Waals surface area (Å²) in [6.45, 7) is 2.24. The van der Waals surface area contributed by atoms with Crippen molar-refractivity contribution < 1.29 is 21.6 Å². The van der Waals surface area contributed by atoms with Crippen LogP contribution in [0, 0.1) is 5.92 Å². The van der Waals surface area contributed by atoms with Crippen LogP contribution in [0.3, 0.4) is 0 Å². The zero-order valence-electron chi connectivity index (χ0n) is 16.0. The maximum Gasteiger partial charge on any atom is 0.244 e. The molecular formula is C19H23N3O5S2. The second-order valence-corrected chi connectivity index (χ2v) is 10.7. The van der Waals surface area contributed by atoms with Crippen LogP contribution in [-0.2, 0) is 20.0 Å². The average Bonchev–Trinajstić information content (AvgIpc) is 2.73. The van der Waals surface area contributed by atoms with Crippen molar-refractivity contribution in [2.75, 3.05) is 19.6 Å². The lowest BCUT2D eigenvalue weighted by Gasteiger charge is -2.31. The molecule has 0 spiro atoms. The van der Waals surface area contributed by atoms with E-state index >= 15 is 0 Å². The lowest BCUT2D eigenvalue weighted by molar-refractivity contribution is 0.101. The van der Waals surface area contributed by atoms with Gasteiger partial charge in [-0.2, -0.15) is 4.31 Å². The number of aromatic nitrogens is 1. The Morgan fingerprint density at radius 3 is 2.41 bits per heavy atom. The van der Waals surface area contributed by atoms with Crippen LogP contribution in [0.4, 0.5) is 0 Å². The van der Waals surface area contributed by atoms with E-state index in [4.69, 9.17) is 0 Å². The average molecular weight is 438 g/mol. The van der Waals surface area contributed by atoms with Gasteiger partial charge in [0.1, 0.15) is 4.90 Å². The number of pyridine rings is 1. The first-order valence-corrected chi connectivity index (χ1v) is 12.1. The zero-order valence-corrected chi connectivity index (χ0v) is 17.6. The van der Waals surface area contributed by atoms with Gasteiger partial charge in [0.25, 0.3) is 0 Å². The van der Waals surface area contributed by atoms with Gasteiger partial charge in [-0.1, -0.05) is 12.1 Å². The molecule has 0 atom stereocenters. The van der Waals surface area contributed by atoms with Gasteiger partial charge in [-0.05, 0) is 49.9 Å². The van der Waals surface area contributed by atoms with E-state index in [0.717, 1.165) is 0 Å². The van der Waals surface area contributed by atoms with Gasteiger partial charge in [0.2, 0.25) is 20.0 Å². The Balaban J connectivity index is 1.59. The number of piperidine rings is 1. The van der Waals surface area contributed by atoms with Gasteiger partial charge in [-0.15, -0.1) is 0 Å². The molecule has 2 aromatic rings. The fourth-order valence-corrected chi connectivity index (χ4v) is 5.79. The molecule has 156 valence electrons. The fourth-order valence-electron chi connectivity index (χ4n) is 3.20. The number of hydrogen-bond acceptors (Lipinski definition) is 6. The molecule has 1 fully saturated rings. The summed E-state index contributed by atoms with van der Waals surface area (Å²) in [5.74, 6) is -0.176. The summed E-state index contributed by atoms with van der Waals surface area (Å²) in [6, 6.07) is 8.99. The third-order valence-electron chi connectivity index (χ3n) is 4.96. The Kier molecular flexibility index (Phi) is 6.47. The molecular weight excluding hydrogens is 414 g/mol. The Morgan fingerprint density at radius 2 is 1.79 bits per heavy atom. The van der Waals surface area contributed by atoms with Gasteiger partial charge < -0.3 is 0 Å². The largest absolute Gasteiger partial charge is 0.295 e. The van der Waals surface area contributed by atoms with Crippen LogP contribution in [0.1, 0.15) is 30.1 Å². The molecule has 0 unspecified atom stereocenters. The molecule has 0 bridgehead atoms. The summed E-state index contributed by atoms with van der Waals surface area (Å²) in [5.41, 5.74) is 0.335. The van der Waals surface area contributed by atoms with Crippen LogP contribution in [0.15, 0.2) is 58.6 Å². The Labute approximate surface area is 171 Å². The van der Waals surface area contributed by atoms with Crippen molar-refractivity contribution in [1.29, 1.82) is 0 Å². The molecule has 1 aliphatic rings. The minimum Gasteiger partial charge on any atom is -0.295 e. The molecule has 10 heteroatoms. The maximum atomic E-state index is 12.6. The molecule has 1 aromatic carbocycles. The molecule has 29 heavy (non-hydrogen) atoms. The standard InChI is InChI=1S/C19H23N3O5S2/c1-15(23)17-4-2-5-18(12-17)28(24,25)21-13-16-7-10-22(11-8-16)29(26,27)19-6-3-9-20-14-19/h2-6,9,12,14,16,21H,7-8,10-11,13H2,1H3. The van der Waals surface area contributed by atoms with E-state index in [9.17, 15) is 21.6 Å². The van der Waals surface area contributed by atoms with Crippen LogP contribution < -0.4 is 4.72 Å². The van der Waals surface area contributed by atoms with E-state index in [0.29, 0.717) is 31.5 Å². The van der Waals surface area contributed by atoms with Crippen LogP contribution in [-0.4, -0.2) is 51.5 Å². The second-order valence-electron chi connectivity index (χ2n) is 6.97. The number of benzene rings is 1. The summed E-state index contributed by atoms with van der Waals surface area (Å²) >= 11 is 0. The number of rotatable bonds is 7. The molecule has 1 saturated heterocycles. The van der Waals surface area contributed by atoms with Crippen LogP contribution in [0.25, 0.3) is 0 Å². The molecule has 1 aromatic heterocycles. The first kappa shape index (κ1) is 21.6. The van der Waals surface area contributed by atoms with Crippen LogP contribution >= 0.6 is 0 Å². The topological polar surface area (TPSA) is 114 Å². The first-order valence-electron chi connectivity index (χ1n) is 9.21. The number of hydrogen-bond donors (Lipinski definition) is 1. The summed E-state index contributed by atoms with van der Waals surface area (Å²) in [6.07, 6.45) is 3.94. The van der Waals surface area contributed by atoms with Crippen molar-refractivity contribution in [3.63, 3.8) is 0 Å². The van der Waals surface area contributed by atoms with E-state index in [1.807, 2.05) is 0 Å². The Hall–Kier alpha value is -2.14. The number of carbonyl (C=O) groups excluding carboxylic acids is 1. The first-order chi connectivity index (χ1) is 13.7. The highest BCUT2D eigenvalue weighted by atomic mass is 32.2. The lowest BCUT2D eigenvalue weighted by Crippen LogP contribution is -2.41. The van der Waals surface area contributed by atoms with Gasteiger partial charge in [-0.25, -0.2) is 21.6 Å². The molecule has 0 aliphatic carbocycles. The van der Waals surface area contributed by atoms with Crippen LogP contribution in [0.5, 0.6) is 0 Å². The van der Waals surface area contributed by atoms with Gasteiger partial charge in [-0.3, -0.25) is 9.78 Å². The second kappa shape index (κ2) is 8.70. The SMILES string of the molecule is CC(=O)c1cccc(S(=O)(=O)NCC2CCN(S(=O)(=O)c3cccnc3)CC2)c1. The summed E-state index contributed by atoms with van der Waals surface area (Å²) < 4.78 is 54.3. The van der Waals surface area contributed by atoms with Crippen molar-refractivity contribution in [2.24, 2.45) is 5.92 Å². The van der Waals surface area contributed by atoms with E-state index < -0.39 is 20.0 Å². The molecule has 1 N–H and O–H groups in total. The normalized spacial score (nSPS) is 16.6. The number of ketones is 1. The predicted molar refractivity (Wildman–Crippen MR) is 107 cm³/mol. The summed E-state index contributed by atoms with van der Waals surface area (Å²) in [7, 11) is -7.33. The number of nitrogens with zero attached hydrogens (tertiary/aromatic N) is 2. The molecule has 8 nitrogen and oxygen atoms in total. The minimum atomic E-state index is -3.74. The van der Waals surface area contributed by atoms with Crippen molar-refractivity contribution in [1.82, 2.24) is 14.0 Å². The molecule has 0 amide bonds. The van der Waals surface area contributed by atoms with Gasteiger partial charge >= 0.3 is 0 Å². The monoisotopic (exact) mass is 437 g/mol. The van der Waals surface area contributed by atoms with E-state index in [-0.39, 0.29) is 28.0 Å². The molecule has 3 rings (SSSR count). The third kappa shape index (κ3) is 5.08. The van der Waals surface area contributed by atoms with E-state index in [1.54, 1.807) is 12.1 Å². The third-order valence-corrected chi connectivity index (χ3v) is 8.26. The van der Waals surface area contributed by atoms with Gasteiger partial charge in [0, 0.05) is 37.6 Å². The maximum absolute atomic E-state index is 12.6. The smallest absolute Gasteiger partial charge is 0.244 e. The zero-order chi connectivity index (χ0) is 21.1. The molecule has 2 heterocycles. The summed E-state index contributed by atoms with van der Waals surface area (Å²) in [5, 5.41) is 0. The highest BCUT2D eigenvalue weighted by Gasteiger charge is 2.30. The summed E-state index contributed by atoms with van der Waals surface area (Å²) in [4.78, 5) is 15.5. The van der Waals surface area contributed by atoms with Crippen molar-refractivity contribution in [2.45, 2.75) is 29.6 Å². The van der Waals surface area contributed by atoms with Gasteiger partial charge in [0.15, 0.2) is 5.78 Å². The van der Waals surface area contributed by atoms with E-state index in [1.165, 1.54) is 47.9 Å². The van der Waals surface area contributed by atoms with Crippen molar-refractivity contribution in [3.8, 4) is 0 Å². The van der Waals surface area contributed by atoms with Crippen LogP contribution in [0.2, 0.25) is 0 Å². The predicted octanol–water partition coefficient (Wildman–Crippen LogP) is 1.66. The highest BCUT2D eigenvalue weighted by Crippen LogP contribution is 2.23. The molecule has 1 aliphatic heterocycles. The fraction of sp³-hybridized carbons (Fsp3) is 0.368. The molecule has 0 saturated carbocycles. The number of nitrogens with one attached hydrogen (secondary N) is 1. The highest BCUT2D eigenvalue weighted by molar-refractivity contribution is 7.89. The Morgan fingerprint density at radius 1 is 1.10 bits per heavy atom. The van der Waals surface area contributed by atoms with Gasteiger partial charge in [0.05, 0.1) is 4.90 Å². The van der Waals surface area contributed by atoms with Crippen molar-refractivity contribution >= 4 is 25.8 Å². The number of carbonyl (C=O) groups is 1. The number of sulfonamides is 2. The molecule has 0 radical (unpaired) electrons. The number of Topliss-reactive ketones (excluding diaryl/α,β-unsaturated/α-hetero) is 1.